The predicted molar refractivity (Wildman–Crippen MR) is 119 cm³/mol. The van der Waals surface area contributed by atoms with E-state index in [-0.39, 0.29) is 11.8 Å². The molecule has 2 aliphatic heterocycles. The number of benzene rings is 2. The monoisotopic (exact) mass is 421 g/mol. The lowest BCUT2D eigenvalue weighted by Gasteiger charge is -2.40. The number of hydrogen-bond acceptors (Lipinski definition) is 4. The molecule has 2 aromatic rings. The Balaban J connectivity index is 1.39. The molecular formula is C25H31N3O3. The molecule has 6 nitrogen and oxygen atoms in total. The molecule has 2 amide bonds. The van der Waals surface area contributed by atoms with Gasteiger partial charge in [-0.15, -0.1) is 0 Å². The van der Waals surface area contributed by atoms with E-state index in [0.29, 0.717) is 36.7 Å². The van der Waals surface area contributed by atoms with Gasteiger partial charge in [0.1, 0.15) is 6.61 Å². The molecule has 0 spiro atoms. The average Bonchev–Trinajstić information content (AvgIpc) is 3.03. The summed E-state index contributed by atoms with van der Waals surface area (Å²) in [7, 11) is 0. The number of primary amides is 1. The molecule has 2 aromatic carbocycles. The topological polar surface area (TPSA) is 86.9 Å². The van der Waals surface area contributed by atoms with Crippen molar-refractivity contribution in [2.75, 3.05) is 19.7 Å². The van der Waals surface area contributed by atoms with Crippen LogP contribution in [-0.4, -0.2) is 58.5 Å². The normalized spacial score (nSPS) is 22.9. The van der Waals surface area contributed by atoms with Crippen LogP contribution in [-0.2, 0) is 11.3 Å². The van der Waals surface area contributed by atoms with Crippen molar-refractivity contribution in [2.24, 2.45) is 5.73 Å². The van der Waals surface area contributed by atoms with Crippen molar-refractivity contribution < 1.29 is 14.7 Å². The molecule has 2 atom stereocenters. The molecule has 4 rings (SSSR count). The van der Waals surface area contributed by atoms with E-state index >= 15 is 0 Å². The summed E-state index contributed by atoms with van der Waals surface area (Å²) < 4.78 is 0. The number of nitrogens with two attached hydrogens (primary N) is 1. The highest BCUT2D eigenvalue weighted by Gasteiger charge is 2.41. The summed E-state index contributed by atoms with van der Waals surface area (Å²) in [5.41, 5.74) is 8.31. The maximum Gasteiger partial charge on any atom is 0.248 e. The molecule has 2 saturated heterocycles. The van der Waals surface area contributed by atoms with Crippen LogP contribution in [0.2, 0.25) is 0 Å². The van der Waals surface area contributed by atoms with Crippen LogP contribution in [0.4, 0.5) is 0 Å². The van der Waals surface area contributed by atoms with Crippen LogP contribution in [0.25, 0.3) is 0 Å². The number of amides is 2. The summed E-state index contributed by atoms with van der Waals surface area (Å²) in [6.07, 6.45) is 4.46. The maximum absolute atomic E-state index is 12.3. The number of aliphatic hydroxyl groups excluding tert-OH is 1. The molecule has 0 radical (unpaired) electrons. The lowest BCUT2D eigenvalue weighted by molar-refractivity contribution is -0.135. The minimum atomic E-state index is -0.460. The van der Waals surface area contributed by atoms with Gasteiger partial charge in [-0.25, -0.2) is 0 Å². The number of hydrogen-bond donors (Lipinski definition) is 2. The second kappa shape index (κ2) is 9.62. The zero-order valence-electron chi connectivity index (χ0n) is 17.8. The van der Waals surface area contributed by atoms with Crippen molar-refractivity contribution in [3.05, 3.63) is 71.3 Å². The number of carbonyl (C=O) groups is 2. The summed E-state index contributed by atoms with van der Waals surface area (Å²) in [6, 6.07) is 18.6. The highest BCUT2D eigenvalue weighted by Crippen LogP contribution is 2.43. The zero-order chi connectivity index (χ0) is 21.8. The molecule has 0 aromatic heterocycles. The average molecular weight is 422 g/mol. The van der Waals surface area contributed by atoms with Crippen molar-refractivity contribution in [2.45, 2.75) is 50.2 Å². The third-order valence-electron chi connectivity index (χ3n) is 6.86. The van der Waals surface area contributed by atoms with E-state index in [1.807, 2.05) is 42.5 Å². The van der Waals surface area contributed by atoms with Crippen molar-refractivity contribution in [3.63, 3.8) is 0 Å². The van der Waals surface area contributed by atoms with Gasteiger partial charge in [-0.05, 0) is 54.9 Å². The molecule has 0 saturated carbocycles. The van der Waals surface area contributed by atoms with Crippen LogP contribution in [0.15, 0.2) is 54.6 Å². The molecule has 2 unspecified atom stereocenters. The Labute approximate surface area is 183 Å². The van der Waals surface area contributed by atoms with Gasteiger partial charge in [-0.3, -0.25) is 14.5 Å². The first-order valence-electron chi connectivity index (χ1n) is 11.1. The number of fused-ring (bicyclic) bond motifs is 2. The van der Waals surface area contributed by atoms with Gasteiger partial charge in [0.25, 0.3) is 0 Å². The standard InChI is InChI=1S/C25H31N3O3/c26-25(31)20-8-4-7-19(13-20)21-14-22-9-10-23(15-21)28(22)12-11-27(24(30)17-29)16-18-5-2-1-3-6-18/h1-8,13,21-23,29H,9-12,14-17H2,(H2,26,31). The Morgan fingerprint density at radius 3 is 2.39 bits per heavy atom. The van der Waals surface area contributed by atoms with E-state index < -0.39 is 6.61 Å². The fourth-order valence-electron chi connectivity index (χ4n) is 5.29. The van der Waals surface area contributed by atoms with Gasteiger partial charge in [-0.1, -0.05) is 42.5 Å². The Morgan fingerprint density at radius 2 is 1.74 bits per heavy atom. The van der Waals surface area contributed by atoms with E-state index in [1.165, 1.54) is 18.4 Å². The van der Waals surface area contributed by atoms with Gasteiger partial charge in [0, 0.05) is 37.3 Å². The first-order chi connectivity index (χ1) is 15.0. The van der Waals surface area contributed by atoms with Crippen molar-refractivity contribution in [1.82, 2.24) is 9.80 Å². The molecule has 3 N–H and O–H groups in total. The van der Waals surface area contributed by atoms with E-state index in [1.54, 1.807) is 11.0 Å². The van der Waals surface area contributed by atoms with Gasteiger partial charge >= 0.3 is 0 Å². The van der Waals surface area contributed by atoms with Gasteiger partial charge in [0.15, 0.2) is 0 Å². The number of piperidine rings is 1. The third-order valence-corrected chi connectivity index (χ3v) is 6.86. The van der Waals surface area contributed by atoms with Gasteiger partial charge in [-0.2, -0.15) is 0 Å². The summed E-state index contributed by atoms with van der Waals surface area (Å²) >= 11 is 0. The molecule has 2 heterocycles. The minimum absolute atomic E-state index is 0.227. The van der Waals surface area contributed by atoms with Crippen molar-refractivity contribution in [3.8, 4) is 0 Å². The first kappa shape index (κ1) is 21.5. The minimum Gasteiger partial charge on any atom is -0.387 e. The van der Waals surface area contributed by atoms with Crippen LogP contribution in [0.1, 0.15) is 53.1 Å². The molecule has 2 bridgehead atoms. The summed E-state index contributed by atoms with van der Waals surface area (Å²) in [5, 5.41) is 9.42. The smallest absolute Gasteiger partial charge is 0.248 e. The lowest BCUT2D eigenvalue weighted by atomic mass is 9.84. The van der Waals surface area contributed by atoms with Crippen LogP contribution < -0.4 is 5.73 Å². The molecule has 6 heteroatoms. The number of carbonyl (C=O) groups excluding carboxylic acids is 2. The molecule has 2 aliphatic rings. The SMILES string of the molecule is NC(=O)c1cccc(C2CC3CCC(C2)N3CCN(Cc2ccccc2)C(=O)CO)c1. The Bertz CT molecular complexity index is 903. The van der Waals surface area contributed by atoms with Crippen LogP contribution in [0, 0.1) is 0 Å². The third kappa shape index (κ3) is 4.97. The van der Waals surface area contributed by atoms with Crippen molar-refractivity contribution in [1.29, 1.82) is 0 Å². The lowest BCUT2D eigenvalue weighted by Crippen LogP contribution is -2.47. The summed E-state index contributed by atoms with van der Waals surface area (Å²) in [4.78, 5) is 28.2. The fourth-order valence-corrected chi connectivity index (χ4v) is 5.29. The Morgan fingerprint density at radius 1 is 1.03 bits per heavy atom. The molecular weight excluding hydrogens is 390 g/mol. The quantitative estimate of drug-likeness (QED) is 0.686. The van der Waals surface area contributed by atoms with Gasteiger partial charge in [0.05, 0.1) is 0 Å². The van der Waals surface area contributed by atoms with Gasteiger partial charge < -0.3 is 15.7 Å². The molecule has 31 heavy (non-hydrogen) atoms. The number of rotatable bonds is 8. The number of nitrogens with zero attached hydrogens (tertiary/aromatic N) is 2. The second-order valence-electron chi connectivity index (χ2n) is 8.74. The van der Waals surface area contributed by atoms with E-state index in [4.69, 9.17) is 5.73 Å². The van der Waals surface area contributed by atoms with Crippen LogP contribution >= 0.6 is 0 Å². The summed E-state index contributed by atoms with van der Waals surface area (Å²) in [5.74, 6) is -0.170. The highest BCUT2D eigenvalue weighted by atomic mass is 16.3. The second-order valence-corrected chi connectivity index (χ2v) is 8.74. The van der Waals surface area contributed by atoms with Crippen LogP contribution in [0.5, 0.6) is 0 Å². The number of aliphatic hydroxyl groups is 1. The van der Waals surface area contributed by atoms with E-state index in [9.17, 15) is 14.7 Å². The van der Waals surface area contributed by atoms with E-state index in [2.05, 4.69) is 11.0 Å². The van der Waals surface area contributed by atoms with Crippen LogP contribution in [0.3, 0.4) is 0 Å². The molecule has 2 fully saturated rings. The van der Waals surface area contributed by atoms with Gasteiger partial charge in [0.2, 0.25) is 11.8 Å². The molecule has 164 valence electrons. The van der Waals surface area contributed by atoms with Crippen molar-refractivity contribution >= 4 is 11.8 Å². The maximum atomic E-state index is 12.3. The zero-order valence-corrected chi connectivity index (χ0v) is 17.8. The van der Waals surface area contributed by atoms with E-state index in [0.717, 1.165) is 24.9 Å². The Hall–Kier alpha value is -2.70. The predicted octanol–water partition coefficient (Wildman–Crippen LogP) is 2.52. The fraction of sp³-hybridized carbons (Fsp3) is 0.440. The summed E-state index contributed by atoms with van der Waals surface area (Å²) in [6.45, 7) is 1.50. The Kier molecular flexibility index (Phi) is 6.68. The highest BCUT2D eigenvalue weighted by molar-refractivity contribution is 5.92. The molecule has 0 aliphatic carbocycles. The largest absolute Gasteiger partial charge is 0.387 e. The first-order valence-corrected chi connectivity index (χ1v) is 11.1.